The molecule has 104 valence electrons. The minimum absolute atomic E-state index is 0.00381. The Kier molecular flexibility index (Phi) is 8.03. The largest absolute Gasteiger partial charge is 0.346 e. The van der Waals surface area contributed by atoms with Crippen LogP contribution in [-0.4, -0.2) is 42.9 Å². The van der Waals surface area contributed by atoms with Crippen molar-refractivity contribution in [2.45, 2.75) is 32.7 Å². The average molecular weight is 255 g/mol. The van der Waals surface area contributed by atoms with Crippen LogP contribution in [0.4, 0.5) is 0 Å². The zero-order valence-corrected chi connectivity index (χ0v) is 11.6. The Hall–Kier alpha value is -1.36. The van der Waals surface area contributed by atoms with Gasteiger partial charge in [-0.2, -0.15) is 0 Å². The number of unbranched alkanes of at least 4 members (excludes halogenated alkanes) is 1. The summed E-state index contributed by atoms with van der Waals surface area (Å²) in [6.45, 7) is 8.03. The molecule has 0 heterocycles. The number of rotatable bonds is 8. The van der Waals surface area contributed by atoms with Crippen LogP contribution in [0.15, 0.2) is 12.7 Å². The second-order valence-electron chi connectivity index (χ2n) is 4.73. The first kappa shape index (κ1) is 16.6. The molecule has 3 N–H and O–H groups in total. The fraction of sp³-hybridized carbons (Fsp3) is 0.692. The van der Waals surface area contributed by atoms with Gasteiger partial charge in [0.15, 0.2) is 0 Å². The molecular formula is C13H25N3O2. The van der Waals surface area contributed by atoms with E-state index in [1.165, 1.54) is 0 Å². The van der Waals surface area contributed by atoms with Crippen LogP contribution in [0.5, 0.6) is 0 Å². The molecule has 0 radical (unpaired) electrons. The molecule has 0 rings (SSSR count). The molecule has 0 aromatic rings. The topological polar surface area (TPSA) is 75.4 Å². The number of nitrogens with zero attached hydrogens (tertiary/aromatic N) is 1. The summed E-state index contributed by atoms with van der Waals surface area (Å²) in [6, 6.07) is -0.566. The number of carbonyl (C=O) groups is 2. The van der Waals surface area contributed by atoms with Crippen molar-refractivity contribution in [1.82, 2.24) is 10.2 Å². The van der Waals surface area contributed by atoms with E-state index in [1.54, 1.807) is 11.9 Å². The van der Waals surface area contributed by atoms with Crippen molar-refractivity contribution in [3.8, 4) is 0 Å². The van der Waals surface area contributed by atoms with Gasteiger partial charge in [-0.05, 0) is 18.8 Å². The van der Waals surface area contributed by atoms with Crippen molar-refractivity contribution in [2.75, 3.05) is 20.1 Å². The van der Waals surface area contributed by atoms with E-state index in [4.69, 9.17) is 5.73 Å². The molecule has 0 saturated carbocycles. The lowest BCUT2D eigenvalue weighted by Crippen LogP contribution is -2.47. The standard InChI is InChI=1S/C13H25N3O2/c1-5-6-7-8-16(4)11(17)9-15-13(18)12(14)10(2)3/h5,10,12H,1,6-9,14H2,2-4H3,(H,15,18)/t12-/m0/s1. The predicted octanol–water partition coefficient (Wildman–Crippen LogP) is 0.511. The lowest BCUT2D eigenvalue weighted by atomic mass is 10.1. The number of allylic oxidation sites excluding steroid dienone is 1. The maximum Gasteiger partial charge on any atom is 0.241 e. The van der Waals surface area contributed by atoms with Gasteiger partial charge in [-0.3, -0.25) is 9.59 Å². The maximum atomic E-state index is 11.7. The van der Waals surface area contributed by atoms with Crippen LogP contribution in [0.3, 0.4) is 0 Å². The monoisotopic (exact) mass is 255 g/mol. The van der Waals surface area contributed by atoms with E-state index >= 15 is 0 Å². The first-order chi connectivity index (χ1) is 8.40. The average Bonchev–Trinajstić information content (AvgIpc) is 2.34. The van der Waals surface area contributed by atoms with E-state index in [-0.39, 0.29) is 24.3 Å². The van der Waals surface area contributed by atoms with Crippen LogP contribution >= 0.6 is 0 Å². The van der Waals surface area contributed by atoms with Crippen LogP contribution in [0.25, 0.3) is 0 Å². The van der Waals surface area contributed by atoms with Crippen LogP contribution < -0.4 is 11.1 Å². The molecule has 0 aromatic heterocycles. The van der Waals surface area contributed by atoms with E-state index in [0.717, 1.165) is 12.8 Å². The highest BCUT2D eigenvalue weighted by atomic mass is 16.2. The van der Waals surface area contributed by atoms with Crippen molar-refractivity contribution in [3.63, 3.8) is 0 Å². The second kappa shape index (κ2) is 8.69. The number of nitrogens with two attached hydrogens (primary N) is 1. The van der Waals surface area contributed by atoms with Crippen molar-refractivity contribution < 1.29 is 9.59 Å². The lowest BCUT2D eigenvalue weighted by Gasteiger charge is -2.19. The van der Waals surface area contributed by atoms with Crippen LogP contribution in [0.1, 0.15) is 26.7 Å². The third-order valence-corrected chi connectivity index (χ3v) is 2.76. The molecule has 0 aliphatic heterocycles. The smallest absolute Gasteiger partial charge is 0.241 e. The van der Waals surface area contributed by atoms with E-state index < -0.39 is 6.04 Å². The van der Waals surface area contributed by atoms with Gasteiger partial charge in [0.25, 0.3) is 0 Å². The molecule has 0 bridgehead atoms. The molecule has 0 aliphatic carbocycles. The lowest BCUT2D eigenvalue weighted by molar-refractivity contribution is -0.132. The summed E-state index contributed by atoms with van der Waals surface area (Å²) >= 11 is 0. The summed E-state index contributed by atoms with van der Waals surface area (Å²) in [7, 11) is 1.72. The summed E-state index contributed by atoms with van der Waals surface area (Å²) < 4.78 is 0. The molecule has 18 heavy (non-hydrogen) atoms. The number of nitrogens with one attached hydrogen (secondary N) is 1. The first-order valence-corrected chi connectivity index (χ1v) is 6.28. The van der Waals surface area contributed by atoms with Gasteiger partial charge in [0, 0.05) is 13.6 Å². The van der Waals surface area contributed by atoms with Gasteiger partial charge >= 0.3 is 0 Å². The zero-order valence-electron chi connectivity index (χ0n) is 11.6. The molecule has 5 heteroatoms. The number of hydrogen-bond donors (Lipinski definition) is 2. The third-order valence-electron chi connectivity index (χ3n) is 2.76. The summed E-state index contributed by atoms with van der Waals surface area (Å²) in [5.74, 6) is -0.327. The highest BCUT2D eigenvalue weighted by Crippen LogP contribution is 1.98. The number of likely N-dealkylation sites (N-methyl/N-ethyl adjacent to an activating group) is 1. The summed E-state index contributed by atoms with van der Waals surface area (Å²) in [6.07, 6.45) is 3.58. The molecule has 5 nitrogen and oxygen atoms in total. The Morgan fingerprint density at radius 2 is 2.06 bits per heavy atom. The van der Waals surface area contributed by atoms with Gasteiger partial charge in [-0.1, -0.05) is 19.9 Å². The predicted molar refractivity (Wildman–Crippen MR) is 72.9 cm³/mol. The molecule has 0 saturated heterocycles. The second-order valence-corrected chi connectivity index (χ2v) is 4.73. The molecule has 1 atom stereocenters. The normalized spacial score (nSPS) is 12.1. The first-order valence-electron chi connectivity index (χ1n) is 6.28. The van der Waals surface area contributed by atoms with Crippen molar-refractivity contribution in [3.05, 3.63) is 12.7 Å². The quantitative estimate of drug-likeness (QED) is 0.490. The van der Waals surface area contributed by atoms with Crippen LogP contribution in [0, 0.1) is 5.92 Å². The van der Waals surface area contributed by atoms with Crippen molar-refractivity contribution in [1.29, 1.82) is 0 Å². The van der Waals surface area contributed by atoms with Crippen molar-refractivity contribution >= 4 is 11.8 Å². The summed E-state index contributed by atoms with van der Waals surface area (Å²) in [5.41, 5.74) is 5.67. The molecule has 0 aromatic carbocycles. The number of amides is 2. The molecule has 0 spiro atoms. The Labute approximate surface area is 109 Å². The Balaban J connectivity index is 3.94. The highest BCUT2D eigenvalue weighted by Gasteiger charge is 2.18. The fourth-order valence-corrected chi connectivity index (χ4v) is 1.32. The SMILES string of the molecule is C=CCCCN(C)C(=O)CNC(=O)[C@@H](N)C(C)C. The van der Waals surface area contributed by atoms with E-state index in [0.29, 0.717) is 6.54 Å². The number of carbonyl (C=O) groups excluding carboxylic acids is 2. The summed E-state index contributed by atoms with van der Waals surface area (Å²) in [4.78, 5) is 24.8. The van der Waals surface area contributed by atoms with Gasteiger partial charge in [0.2, 0.25) is 11.8 Å². The minimum atomic E-state index is -0.566. The van der Waals surface area contributed by atoms with Gasteiger partial charge in [-0.15, -0.1) is 6.58 Å². The maximum absolute atomic E-state index is 11.7. The van der Waals surface area contributed by atoms with Gasteiger partial charge < -0.3 is 16.0 Å². The summed E-state index contributed by atoms with van der Waals surface area (Å²) in [5, 5.41) is 2.56. The molecule has 0 fully saturated rings. The van der Waals surface area contributed by atoms with Crippen molar-refractivity contribution in [2.24, 2.45) is 11.7 Å². The Bertz CT molecular complexity index is 290. The Morgan fingerprint density at radius 3 is 2.56 bits per heavy atom. The molecule has 2 amide bonds. The van der Waals surface area contributed by atoms with Gasteiger partial charge in [0.05, 0.1) is 12.6 Å². The van der Waals surface area contributed by atoms with Crippen LogP contribution in [-0.2, 0) is 9.59 Å². The van der Waals surface area contributed by atoms with Crippen LogP contribution in [0.2, 0.25) is 0 Å². The molecule has 0 aliphatic rings. The minimum Gasteiger partial charge on any atom is -0.346 e. The Morgan fingerprint density at radius 1 is 1.44 bits per heavy atom. The molecular weight excluding hydrogens is 230 g/mol. The highest BCUT2D eigenvalue weighted by molar-refractivity contribution is 5.87. The van der Waals surface area contributed by atoms with Gasteiger partial charge in [-0.25, -0.2) is 0 Å². The van der Waals surface area contributed by atoms with E-state index in [9.17, 15) is 9.59 Å². The number of hydrogen-bond acceptors (Lipinski definition) is 3. The van der Waals surface area contributed by atoms with E-state index in [2.05, 4.69) is 11.9 Å². The zero-order chi connectivity index (χ0) is 14.1. The van der Waals surface area contributed by atoms with E-state index in [1.807, 2.05) is 19.9 Å². The fourth-order valence-electron chi connectivity index (χ4n) is 1.32. The van der Waals surface area contributed by atoms with Gasteiger partial charge in [0.1, 0.15) is 0 Å². The third kappa shape index (κ3) is 6.39. The molecule has 0 unspecified atom stereocenters.